The molecule has 0 bridgehead atoms. The molecule has 0 spiro atoms. The number of nitrogens with zero attached hydrogens (tertiary/aromatic N) is 1. The third-order valence-electron chi connectivity index (χ3n) is 1.19. The predicted molar refractivity (Wildman–Crippen MR) is 40.2 cm³/mol. The maximum absolute atomic E-state index is 12.0. The van der Waals surface area contributed by atoms with Gasteiger partial charge in [0, 0.05) is 13.1 Å². The van der Waals surface area contributed by atoms with Crippen LogP contribution >= 0.6 is 0 Å². The first-order chi connectivity index (χ1) is 5.41. The lowest BCUT2D eigenvalue weighted by Gasteiger charge is -2.06. The predicted octanol–water partition coefficient (Wildman–Crippen LogP) is 2.17. The smallest absolute Gasteiger partial charge is 0.433 e. The van der Waals surface area contributed by atoms with Crippen LogP contribution in [0.5, 0.6) is 0 Å². The summed E-state index contributed by atoms with van der Waals surface area (Å²) in [5.41, 5.74) is -0.943. The summed E-state index contributed by atoms with van der Waals surface area (Å²) in [5.74, 6) is 0.174. The molecule has 0 aliphatic carbocycles. The Labute approximate surface area is 68.7 Å². The number of hydrogen-bond acceptors (Lipinski definition) is 2. The highest BCUT2D eigenvalue weighted by molar-refractivity contribution is 5.99. The van der Waals surface area contributed by atoms with E-state index in [1.165, 1.54) is 14.0 Å². The lowest BCUT2D eigenvalue weighted by atomic mass is 10.3. The fourth-order valence-corrected chi connectivity index (χ4v) is 0.525. The summed E-state index contributed by atoms with van der Waals surface area (Å²) >= 11 is 0. The van der Waals surface area contributed by atoms with Crippen molar-refractivity contribution in [2.24, 2.45) is 4.99 Å². The van der Waals surface area contributed by atoms with Gasteiger partial charge in [-0.3, -0.25) is 4.99 Å². The van der Waals surface area contributed by atoms with Gasteiger partial charge in [0.05, 0.1) is 12.9 Å². The minimum absolute atomic E-state index is 0.174. The Morgan fingerprint density at radius 1 is 1.42 bits per heavy atom. The van der Waals surface area contributed by atoms with E-state index in [4.69, 9.17) is 0 Å². The molecule has 5 heteroatoms. The molecular formula is C7H10F3NO. The minimum atomic E-state index is -4.41. The van der Waals surface area contributed by atoms with Gasteiger partial charge >= 0.3 is 6.18 Å². The Hall–Kier alpha value is -1.00. The Kier molecular flexibility index (Phi) is 3.79. The van der Waals surface area contributed by atoms with E-state index < -0.39 is 11.9 Å². The van der Waals surface area contributed by atoms with E-state index >= 15 is 0 Å². The molecule has 0 saturated heterocycles. The van der Waals surface area contributed by atoms with E-state index in [0.717, 1.165) is 13.1 Å². The normalized spacial score (nSPS) is 14.8. The van der Waals surface area contributed by atoms with Crippen molar-refractivity contribution in [1.82, 2.24) is 0 Å². The second kappa shape index (κ2) is 4.13. The molecule has 0 aliphatic heterocycles. The van der Waals surface area contributed by atoms with Crippen molar-refractivity contribution in [3.05, 3.63) is 11.8 Å². The maximum atomic E-state index is 12.0. The van der Waals surface area contributed by atoms with Gasteiger partial charge in [0.2, 0.25) is 0 Å². The Balaban J connectivity index is 4.63. The molecule has 0 aliphatic rings. The van der Waals surface area contributed by atoms with E-state index in [0.29, 0.717) is 0 Å². The molecule has 0 amide bonds. The zero-order valence-electron chi connectivity index (χ0n) is 7.07. The number of ether oxygens (including phenoxy) is 1. The summed E-state index contributed by atoms with van der Waals surface area (Å²) in [6, 6.07) is 0. The standard InChI is InChI=1S/C7H10F3NO/c1-5(12-3)4-6(11-2)7(8,9)10/h4H,1-3H3/b5-4-,11-6-. The molecule has 0 aromatic carbocycles. The zero-order valence-corrected chi connectivity index (χ0v) is 7.07. The third kappa shape index (κ3) is 3.41. The number of methoxy groups -OCH3 is 1. The van der Waals surface area contributed by atoms with Crippen LogP contribution in [0.15, 0.2) is 16.8 Å². The molecule has 0 rings (SSSR count). The molecule has 0 fully saturated rings. The summed E-state index contributed by atoms with van der Waals surface area (Å²) in [4.78, 5) is 3.08. The van der Waals surface area contributed by atoms with Gasteiger partial charge in [-0.2, -0.15) is 13.2 Å². The topological polar surface area (TPSA) is 21.6 Å². The van der Waals surface area contributed by atoms with Crippen LogP contribution < -0.4 is 0 Å². The van der Waals surface area contributed by atoms with Crippen molar-refractivity contribution in [2.75, 3.05) is 14.2 Å². The van der Waals surface area contributed by atoms with Crippen LogP contribution in [0.3, 0.4) is 0 Å². The summed E-state index contributed by atoms with van der Waals surface area (Å²) in [6.07, 6.45) is -3.56. The second-order valence-corrected chi connectivity index (χ2v) is 2.07. The number of hydrogen-bond donors (Lipinski definition) is 0. The lowest BCUT2D eigenvalue weighted by molar-refractivity contribution is -0.0579. The molecule has 2 nitrogen and oxygen atoms in total. The van der Waals surface area contributed by atoms with Gasteiger partial charge < -0.3 is 4.74 Å². The van der Waals surface area contributed by atoms with Gasteiger partial charge in [-0.15, -0.1) is 0 Å². The van der Waals surface area contributed by atoms with E-state index in [2.05, 4.69) is 9.73 Å². The van der Waals surface area contributed by atoms with Crippen LogP contribution in [0, 0.1) is 0 Å². The van der Waals surface area contributed by atoms with Crippen molar-refractivity contribution in [3.63, 3.8) is 0 Å². The first kappa shape index (κ1) is 11.0. The SMILES string of the molecule is C/N=C(/C=C(/C)OC)C(F)(F)F. The lowest BCUT2D eigenvalue weighted by Crippen LogP contribution is -2.21. The maximum Gasteiger partial charge on any atom is 0.433 e. The van der Waals surface area contributed by atoms with E-state index in [-0.39, 0.29) is 5.76 Å². The van der Waals surface area contributed by atoms with Crippen molar-refractivity contribution >= 4 is 5.71 Å². The monoisotopic (exact) mass is 181 g/mol. The largest absolute Gasteiger partial charge is 0.501 e. The molecule has 0 aromatic heterocycles. The highest BCUT2D eigenvalue weighted by Crippen LogP contribution is 2.18. The van der Waals surface area contributed by atoms with Crippen molar-refractivity contribution < 1.29 is 17.9 Å². The highest BCUT2D eigenvalue weighted by Gasteiger charge is 2.33. The molecule has 0 heterocycles. The Morgan fingerprint density at radius 3 is 2.17 bits per heavy atom. The second-order valence-electron chi connectivity index (χ2n) is 2.07. The number of rotatable bonds is 2. The van der Waals surface area contributed by atoms with Crippen molar-refractivity contribution in [2.45, 2.75) is 13.1 Å². The number of alkyl halides is 3. The molecule has 0 saturated carbocycles. The van der Waals surface area contributed by atoms with Crippen LogP contribution in [0.2, 0.25) is 0 Å². The van der Waals surface area contributed by atoms with E-state index in [1.54, 1.807) is 0 Å². The van der Waals surface area contributed by atoms with Gasteiger partial charge in [-0.1, -0.05) is 0 Å². The number of aliphatic imine (C=N–C) groups is 1. The van der Waals surface area contributed by atoms with Gasteiger partial charge in [0.25, 0.3) is 0 Å². The molecular weight excluding hydrogens is 171 g/mol. The van der Waals surface area contributed by atoms with E-state index in [9.17, 15) is 13.2 Å². The summed E-state index contributed by atoms with van der Waals surface area (Å²) in [7, 11) is 2.39. The van der Waals surface area contributed by atoms with Gasteiger partial charge in [0.15, 0.2) is 0 Å². The fourth-order valence-electron chi connectivity index (χ4n) is 0.525. The van der Waals surface area contributed by atoms with Gasteiger partial charge in [-0.25, -0.2) is 0 Å². The minimum Gasteiger partial charge on any atom is -0.501 e. The fraction of sp³-hybridized carbons (Fsp3) is 0.571. The molecule has 70 valence electrons. The number of halogens is 3. The zero-order chi connectivity index (χ0) is 9.78. The van der Waals surface area contributed by atoms with E-state index in [1.807, 2.05) is 0 Å². The quantitative estimate of drug-likeness (QED) is 0.472. The molecule has 0 aromatic rings. The molecule has 12 heavy (non-hydrogen) atoms. The average Bonchev–Trinajstić information content (AvgIpc) is 1.97. The van der Waals surface area contributed by atoms with Gasteiger partial charge in [0.1, 0.15) is 5.71 Å². The van der Waals surface area contributed by atoms with Gasteiger partial charge in [-0.05, 0) is 6.92 Å². The Morgan fingerprint density at radius 2 is 1.92 bits per heavy atom. The first-order valence-corrected chi connectivity index (χ1v) is 3.18. The summed E-state index contributed by atoms with van der Waals surface area (Å²) in [6.45, 7) is 1.43. The van der Waals surface area contributed by atoms with Crippen LogP contribution in [0.25, 0.3) is 0 Å². The van der Waals surface area contributed by atoms with Crippen LogP contribution in [0.1, 0.15) is 6.92 Å². The van der Waals surface area contributed by atoms with Crippen molar-refractivity contribution in [1.29, 1.82) is 0 Å². The third-order valence-corrected chi connectivity index (χ3v) is 1.19. The average molecular weight is 181 g/mol. The molecule has 0 radical (unpaired) electrons. The molecule has 0 atom stereocenters. The number of allylic oxidation sites excluding steroid dienone is 2. The van der Waals surface area contributed by atoms with Crippen LogP contribution in [-0.2, 0) is 4.74 Å². The molecule has 0 unspecified atom stereocenters. The highest BCUT2D eigenvalue weighted by atomic mass is 19.4. The molecule has 0 N–H and O–H groups in total. The van der Waals surface area contributed by atoms with Crippen LogP contribution in [-0.4, -0.2) is 26.0 Å². The Bertz CT molecular complexity index is 205. The summed E-state index contributed by atoms with van der Waals surface area (Å²) in [5, 5.41) is 0. The van der Waals surface area contributed by atoms with Crippen molar-refractivity contribution in [3.8, 4) is 0 Å². The summed E-state index contributed by atoms with van der Waals surface area (Å²) < 4.78 is 40.5. The van der Waals surface area contributed by atoms with Crippen LogP contribution in [0.4, 0.5) is 13.2 Å². The first-order valence-electron chi connectivity index (χ1n) is 3.18.